The highest BCUT2D eigenvalue weighted by atomic mass is 19.1. The first kappa shape index (κ1) is 30.4. The summed E-state index contributed by atoms with van der Waals surface area (Å²) in [6, 6.07) is 12.7. The van der Waals surface area contributed by atoms with Crippen molar-refractivity contribution in [1.82, 2.24) is 15.3 Å². The summed E-state index contributed by atoms with van der Waals surface area (Å²) >= 11 is 0. The molecule has 2 aromatic heterocycles. The number of carbonyl (C=O) groups is 2. The maximum absolute atomic E-state index is 14.6. The number of nitrogens with zero attached hydrogens (tertiary/aromatic N) is 1. The lowest BCUT2D eigenvalue weighted by Gasteiger charge is -2.16. The van der Waals surface area contributed by atoms with Gasteiger partial charge in [0.2, 0.25) is 0 Å². The van der Waals surface area contributed by atoms with Crippen LogP contribution in [-0.2, 0) is 9.47 Å². The SMILES string of the molecule is CCOC(CCNC(=O)c1c[nH]c(-c2cc(Oc3cc(C(=O)Nc4cc(C)ccc4F)ccc3F)ccn2)c1)OCC. The van der Waals surface area contributed by atoms with Crippen molar-refractivity contribution in [2.45, 2.75) is 33.5 Å². The van der Waals surface area contributed by atoms with Crippen LogP contribution >= 0.6 is 0 Å². The number of rotatable bonds is 13. The van der Waals surface area contributed by atoms with Gasteiger partial charge in [-0.2, -0.15) is 0 Å². The van der Waals surface area contributed by atoms with Crippen molar-refractivity contribution in [2.24, 2.45) is 0 Å². The Balaban J connectivity index is 1.42. The number of carbonyl (C=O) groups excluding carboxylic acids is 2. The highest BCUT2D eigenvalue weighted by Crippen LogP contribution is 2.29. The zero-order valence-electron chi connectivity index (χ0n) is 23.5. The molecule has 3 N–H and O–H groups in total. The molecule has 0 saturated carbocycles. The van der Waals surface area contributed by atoms with Crippen LogP contribution in [0.15, 0.2) is 67.0 Å². The molecule has 0 spiro atoms. The second-order valence-corrected chi connectivity index (χ2v) is 9.25. The number of hydrogen-bond acceptors (Lipinski definition) is 6. The minimum absolute atomic E-state index is 0.0183. The molecular weight excluding hydrogens is 546 g/mol. The average Bonchev–Trinajstić information content (AvgIpc) is 3.47. The number of nitrogens with one attached hydrogen (secondary N) is 3. The van der Waals surface area contributed by atoms with E-state index < -0.39 is 17.5 Å². The number of ether oxygens (including phenoxy) is 3. The third-order valence-corrected chi connectivity index (χ3v) is 6.11. The summed E-state index contributed by atoms with van der Waals surface area (Å²) in [7, 11) is 0. The Bertz CT molecular complexity index is 1540. The van der Waals surface area contributed by atoms with Crippen LogP contribution in [-0.4, -0.2) is 47.8 Å². The quantitative estimate of drug-likeness (QED) is 0.162. The number of halogens is 2. The Kier molecular flexibility index (Phi) is 10.4. The van der Waals surface area contributed by atoms with Gasteiger partial charge in [0.05, 0.1) is 22.6 Å². The van der Waals surface area contributed by atoms with Gasteiger partial charge >= 0.3 is 0 Å². The first-order valence-corrected chi connectivity index (χ1v) is 13.5. The van der Waals surface area contributed by atoms with Crippen LogP contribution in [0.4, 0.5) is 14.5 Å². The van der Waals surface area contributed by atoms with Crippen LogP contribution in [0, 0.1) is 18.6 Å². The molecule has 0 aliphatic carbocycles. The molecular formula is C31H32F2N4O5. The summed E-state index contributed by atoms with van der Waals surface area (Å²) in [5, 5.41) is 5.34. The van der Waals surface area contributed by atoms with E-state index in [1.165, 1.54) is 36.5 Å². The zero-order chi connectivity index (χ0) is 30.1. The second kappa shape index (κ2) is 14.3. The van der Waals surface area contributed by atoms with Crippen molar-refractivity contribution in [3.05, 3.63) is 95.3 Å². The van der Waals surface area contributed by atoms with Gasteiger partial charge in [-0.1, -0.05) is 6.07 Å². The van der Waals surface area contributed by atoms with Crippen LogP contribution < -0.4 is 15.4 Å². The van der Waals surface area contributed by atoms with E-state index in [4.69, 9.17) is 14.2 Å². The van der Waals surface area contributed by atoms with E-state index in [-0.39, 0.29) is 34.9 Å². The number of aryl methyl sites for hydroxylation is 1. The molecule has 0 fully saturated rings. The van der Waals surface area contributed by atoms with E-state index in [1.807, 2.05) is 13.8 Å². The minimum Gasteiger partial charge on any atom is -0.454 e. The molecule has 42 heavy (non-hydrogen) atoms. The normalized spacial score (nSPS) is 11.0. The number of benzene rings is 2. The van der Waals surface area contributed by atoms with Gasteiger partial charge in [0.15, 0.2) is 17.9 Å². The van der Waals surface area contributed by atoms with Crippen LogP contribution in [0.1, 0.15) is 46.5 Å². The predicted molar refractivity (Wildman–Crippen MR) is 154 cm³/mol. The Hall–Kier alpha value is -4.61. The number of H-pyrrole nitrogens is 1. The monoisotopic (exact) mass is 578 g/mol. The van der Waals surface area contributed by atoms with Gasteiger partial charge < -0.3 is 29.8 Å². The number of hydrogen-bond donors (Lipinski definition) is 3. The second-order valence-electron chi connectivity index (χ2n) is 9.25. The lowest BCUT2D eigenvalue weighted by molar-refractivity contribution is -0.138. The highest BCUT2D eigenvalue weighted by molar-refractivity contribution is 6.04. The van der Waals surface area contributed by atoms with Crippen molar-refractivity contribution >= 4 is 17.5 Å². The predicted octanol–water partition coefficient (Wildman–Crippen LogP) is 6.23. The van der Waals surface area contributed by atoms with Crippen molar-refractivity contribution in [3.8, 4) is 22.9 Å². The lowest BCUT2D eigenvalue weighted by Crippen LogP contribution is -2.29. The number of pyridine rings is 1. The van der Waals surface area contributed by atoms with Gasteiger partial charge in [0.25, 0.3) is 11.8 Å². The van der Waals surface area contributed by atoms with Gasteiger partial charge in [0.1, 0.15) is 11.6 Å². The Morgan fingerprint density at radius 3 is 2.45 bits per heavy atom. The Labute approximate surface area is 242 Å². The first-order chi connectivity index (χ1) is 20.3. The molecule has 0 radical (unpaired) electrons. The number of amides is 2. The standard InChI is InChI=1S/C31H32F2N4O5/c1-4-40-29(41-5-2)11-13-35-30(38)21-15-26(36-18-21)27-17-22(10-12-34-27)42-28-16-20(7-9-24(28)33)31(39)37-25-14-19(3)6-8-23(25)32/h6-10,12,14-18,29,36H,4-5,11,13H2,1-3H3,(H,35,38)(H,37,39). The topological polar surface area (TPSA) is 115 Å². The fourth-order valence-electron chi connectivity index (χ4n) is 4.07. The molecule has 0 atom stereocenters. The molecule has 9 nitrogen and oxygen atoms in total. The molecule has 0 saturated heterocycles. The Morgan fingerprint density at radius 1 is 0.929 bits per heavy atom. The first-order valence-electron chi connectivity index (χ1n) is 13.5. The number of aromatic nitrogens is 2. The molecule has 11 heteroatoms. The molecule has 4 rings (SSSR count). The maximum Gasteiger partial charge on any atom is 0.255 e. The van der Waals surface area contributed by atoms with Gasteiger partial charge in [-0.25, -0.2) is 8.78 Å². The summed E-state index contributed by atoms with van der Waals surface area (Å²) in [6.07, 6.45) is 3.15. The summed E-state index contributed by atoms with van der Waals surface area (Å²) in [4.78, 5) is 32.7. The number of anilines is 1. The average molecular weight is 579 g/mol. The van der Waals surface area contributed by atoms with Gasteiger partial charge in [-0.05, 0) is 68.8 Å². The summed E-state index contributed by atoms with van der Waals surface area (Å²) in [6.45, 7) is 6.92. The highest BCUT2D eigenvalue weighted by Gasteiger charge is 2.16. The summed E-state index contributed by atoms with van der Waals surface area (Å²) in [5.41, 5.74) is 2.26. The largest absolute Gasteiger partial charge is 0.454 e. The van der Waals surface area contributed by atoms with Crippen molar-refractivity contribution in [1.29, 1.82) is 0 Å². The third-order valence-electron chi connectivity index (χ3n) is 6.11. The van der Waals surface area contributed by atoms with E-state index in [0.717, 1.165) is 11.6 Å². The van der Waals surface area contributed by atoms with Crippen LogP contribution in [0.5, 0.6) is 11.5 Å². The van der Waals surface area contributed by atoms with Crippen molar-refractivity contribution in [3.63, 3.8) is 0 Å². The molecule has 4 aromatic rings. The van der Waals surface area contributed by atoms with E-state index in [2.05, 4.69) is 20.6 Å². The fraction of sp³-hybridized carbons (Fsp3) is 0.258. The molecule has 2 amide bonds. The van der Waals surface area contributed by atoms with E-state index in [9.17, 15) is 18.4 Å². The molecule has 0 unspecified atom stereocenters. The molecule has 0 aliphatic rings. The van der Waals surface area contributed by atoms with E-state index in [0.29, 0.717) is 43.1 Å². The third kappa shape index (κ3) is 7.99. The van der Waals surface area contributed by atoms with E-state index in [1.54, 1.807) is 31.3 Å². The fourth-order valence-corrected chi connectivity index (χ4v) is 4.07. The lowest BCUT2D eigenvalue weighted by atomic mass is 10.1. The van der Waals surface area contributed by atoms with Crippen LogP contribution in [0.3, 0.4) is 0 Å². The van der Waals surface area contributed by atoms with Crippen LogP contribution in [0.2, 0.25) is 0 Å². The summed E-state index contributed by atoms with van der Waals surface area (Å²) < 4.78 is 45.4. The van der Waals surface area contributed by atoms with Crippen molar-refractivity contribution < 1.29 is 32.6 Å². The zero-order valence-corrected chi connectivity index (χ0v) is 23.5. The van der Waals surface area contributed by atoms with Gasteiger partial charge in [-0.3, -0.25) is 14.6 Å². The van der Waals surface area contributed by atoms with Gasteiger partial charge in [0, 0.05) is 50.2 Å². The van der Waals surface area contributed by atoms with Crippen LogP contribution in [0.25, 0.3) is 11.4 Å². The molecule has 0 aliphatic heterocycles. The Morgan fingerprint density at radius 2 is 1.69 bits per heavy atom. The molecule has 0 bridgehead atoms. The van der Waals surface area contributed by atoms with Gasteiger partial charge in [-0.15, -0.1) is 0 Å². The minimum atomic E-state index is -0.693. The smallest absolute Gasteiger partial charge is 0.255 e. The molecule has 220 valence electrons. The maximum atomic E-state index is 14.6. The molecule has 2 heterocycles. The van der Waals surface area contributed by atoms with Crippen molar-refractivity contribution in [2.75, 3.05) is 25.1 Å². The number of aromatic amines is 1. The van der Waals surface area contributed by atoms with E-state index >= 15 is 0 Å². The summed E-state index contributed by atoms with van der Waals surface area (Å²) in [5.74, 6) is -2.13. The molecule has 2 aromatic carbocycles.